The van der Waals surface area contributed by atoms with Crippen molar-refractivity contribution in [1.29, 1.82) is 0 Å². The largest absolute Gasteiger partial charge is 0.355 e. The standard InChI is InChI=1S/C19H21N3OS/c1-13-7-9-15(10-8-13)24-14(2)19(23)20-12-11-18-21-16-5-3-4-6-17(16)22-18/h3-10,14H,11-12H2,1-2H3,(H,20,23)(H,21,22). The molecule has 0 saturated carbocycles. The summed E-state index contributed by atoms with van der Waals surface area (Å²) >= 11 is 1.57. The molecule has 2 N–H and O–H groups in total. The van der Waals surface area contributed by atoms with E-state index in [2.05, 4.69) is 46.5 Å². The molecular formula is C19H21N3OS. The van der Waals surface area contributed by atoms with Crippen LogP contribution < -0.4 is 5.32 Å². The minimum atomic E-state index is -0.122. The summed E-state index contributed by atoms with van der Waals surface area (Å²) in [5.74, 6) is 0.951. The average Bonchev–Trinajstić information content (AvgIpc) is 2.99. The van der Waals surface area contributed by atoms with Gasteiger partial charge >= 0.3 is 0 Å². The van der Waals surface area contributed by atoms with Gasteiger partial charge in [-0.3, -0.25) is 4.79 Å². The number of para-hydroxylation sites is 2. The van der Waals surface area contributed by atoms with Crippen LogP contribution in [0, 0.1) is 6.92 Å². The summed E-state index contributed by atoms with van der Waals surface area (Å²) in [4.78, 5) is 21.1. The van der Waals surface area contributed by atoms with Crippen molar-refractivity contribution in [3.05, 3.63) is 59.9 Å². The van der Waals surface area contributed by atoms with Crippen LogP contribution in [0.1, 0.15) is 18.3 Å². The second-order valence-electron chi connectivity index (χ2n) is 5.81. The van der Waals surface area contributed by atoms with Gasteiger partial charge in [0.1, 0.15) is 5.82 Å². The number of thioether (sulfide) groups is 1. The number of carbonyl (C=O) groups is 1. The van der Waals surface area contributed by atoms with Crippen molar-refractivity contribution in [2.45, 2.75) is 30.4 Å². The summed E-state index contributed by atoms with van der Waals surface area (Å²) in [5, 5.41) is 2.87. The predicted octanol–water partition coefficient (Wildman–Crippen LogP) is 3.71. The summed E-state index contributed by atoms with van der Waals surface area (Å²) in [5.41, 5.74) is 3.21. The molecule has 3 rings (SSSR count). The molecule has 0 aliphatic heterocycles. The molecule has 0 aliphatic carbocycles. The summed E-state index contributed by atoms with van der Waals surface area (Å²) < 4.78 is 0. The number of nitrogens with one attached hydrogen (secondary N) is 2. The number of carbonyl (C=O) groups excluding carboxylic acids is 1. The Morgan fingerprint density at radius 3 is 2.71 bits per heavy atom. The van der Waals surface area contributed by atoms with Crippen LogP contribution in [0.4, 0.5) is 0 Å². The van der Waals surface area contributed by atoms with E-state index in [4.69, 9.17) is 0 Å². The molecule has 0 fully saturated rings. The van der Waals surface area contributed by atoms with Crippen molar-refractivity contribution < 1.29 is 4.79 Å². The first-order valence-corrected chi connectivity index (χ1v) is 8.94. The highest BCUT2D eigenvalue weighted by Gasteiger charge is 2.14. The molecule has 1 atom stereocenters. The van der Waals surface area contributed by atoms with Crippen LogP contribution in [0.2, 0.25) is 0 Å². The maximum absolute atomic E-state index is 12.2. The van der Waals surface area contributed by atoms with Crippen molar-refractivity contribution in [3.8, 4) is 0 Å². The van der Waals surface area contributed by atoms with Crippen molar-refractivity contribution in [1.82, 2.24) is 15.3 Å². The Morgan fingerprint density at radius 1 is 1.21 bits per heavy atom. The van der Waals surface area contributed by atoms with Crippen molar-refractivity contribution in [3.63, 3.8) is 0 Å². The van der Waals surface area contributed by atoms with Crippen molar-refractivity contribution in [2.24, 2.45) is 0 Å². The molecule has 0 saturated heterocycles. The van der Waals surface area contributed by atoms with E-state index in [-0.39, 0.29) is 11.2 Å². The number of amides is 1. The van der Waals surface area contributed by atoms with Crippen LogP contribution in [0.3, 0.4) is 0 Å². The van der Waals surface area contributed by atoms with Gasteiger partial charge in [0.25, 0.3) is 0 Å². The molecular weight excluding hydrogens is 318 g/mol. The number of imidazole rings is 1. The van der Waals surface area contributed by atoms with E-state index in [1.165, 1.54) is 5.56 Å². The Balaban J connectivity index is 1.48. The van der Waals surface area contributed by atoms with Gasteiger partial charge in [-0.25, -0.2) is 4.98 Å². The zero-order valence-corrected chi connectivity index (χ0v) is 14.7. The lowest BCUT2D eigenvalue weighted by atomic mass is 10.2. The van der Waals surface area contributed by atoms with Crippen LogP contribution in [0.5, 0.6) is 0 Å². The fraction of sp³-hybridized carbons (Fsp3) is 0.263. The molecule has 124 valence electrons. The second-order valence-corrected chi connectivity index (χ2v) is 7.23. The topological polar surface area (TPSA) is 57.8 Å². The number of rotatable bonds is 6. The lowest BCUT2D eigenvalue weighted by Gasteiger charge is -2.11. The van der Waals surface area contributed by atoms with E-state index in [0.717, 1.165) is 21.8 Å². The van der Waals surface area contributed by atoms with E-state index in [9.17, 15) is 4.79 Å². The van der Waals surface area contributed by atoms with Crippen LogP contribution in [0.15, 0.2) is 53.4 Å². The third kappa shape index (κ3) is 4.17. The number of nitrogens with zero attached hydrogens (tertiary/aromatic N) is 1. The molecule has 0 spiro atoms. The van der Waals surface area contributed by atoms with Gasteiger partial charge in [0, 0.05) is 17.9 Å². The quantitative estimate of drug-likeness (QED) is 0.673. The zero-order valence-electron chi connectivity index (χ0n) is 13.9. The summed E-state index contributed by atoms with van der Waals surface area (Å²) in [6.07, 6.45) is 0.697. The maximum atomic E-state index is 12.2. The third-order valence-corrected chi connectivity index (χ3v) is 4.91. The molecule has 2 aromatic carbocycles. The fourth-order valence-electron chi connectivity index (χ4n) is 2.45. The first-order chi connectivity index (χ1) is 11.6. The van der Waals surface area contributed by atoms with Gasteiger partial charge in [-0.2, -0.15) is 0 Å². The highest BCUT2D eigenvalue weighted by molar-refractivity contribution is 8.00. The van der Waals surface area contributed by atoms with Gasteiger partial charge in [0.2, 0.25) is 5.91 Å². The molecule has 1 amide bonds. The second kappa shape index (κ2) is 7.53. The van der Waals surface area contributed by atoms with E-state index < -0.39 is 0 Å². The predicted molar refractivity (Wildman–Crippen MR) is 99.3 cm³/mol. The normalized spacial score (nSPS) is 12.2. The van der Waals surface area contributed by atoms with Gasteiger partial charge < -0.3 is 10.3 Å². The zero-order chi connectivity index (χ0) is 16.9. The number of hydrogen-bond donors (Lipinski definition) is 2. The van der Waals surface area contributed by atoms with Crippen LogP contribution in [-0.4, -0.2) is 27.7 Å². The molecule has 5 heteroatoms. The molecule has 1 unspecified atom stereocenters. The Morgan fingerprint density at radius 2 is 1.96 bits per heavy atom. The van der Waals surface area contributed by atoms with Crippen LogP contribution in [0.25, 0.3) is 11.0 Å². The number of benzene rings is 2. The van der Waals surface area contributed by atoms with Crippen LogP contribution >= 0.6 is 11.8 Å². The number of fused-ring (bicyclic) bond motifs is 1. The van der Waals surface area contributed by atoms with Gasteiger partial charge in [-0.15, -0.1) is 11.8 Å². The number of aromatic nitrogens is 2. The molecule has 0 aliphatic rings. The fourth-order valence-corrected chi connectivity index (χ4v) is 3.34. The smallest absolute Gasteiger partial charge is 0.233 e. The van der Waals surface area contributed by atoms with Crippen LogP contribution in [-0.2, 0) is 11.2 Å². The minimum Gasteiger partial charge on any atom is -0.355 e. The van der Waals surface area contributed by atoms with Gasteiger partial charge in [-0.1, -0.05) is 29.8 Å². The van der Waals surface area contributed by atoms with Gasteiger partial charge in [-0.05, 0) is 38.1 Å². The van der Waals surface area contributed by atoms with E-state index >= 15 is 0 Å². The first kappa shape index (κ1) is 16.6. The van der Waals surface area contributed by atoms with Gasteiger partial charge in [0.15, 0.2) is 0 Å². The lowest BCUT2D eigenvalue weighted by molar-refractivity contribution is -0.120. The summed E-state index contributed by atoms with van der Waals surface area (Å²) in [6, 6.07) is 16.2. The van der Waals surface area contributed by atoms with Gasteiger partial charge in [0.05, 0.1) is 16.3 Å². The number of hydrogen-bond acceptors (Lipinski definition) is 3. The van der Waals surface area contributed by atoms with Crippen molar-refractivity contribution in [2.75, 3.05) is 6.54 Å². The molecule has 3 aromatic rings. The maximum Gasteiger partial charge on any atom is 0.233 e. The minimum absolute atomic E-state index is 0.0525. The molecule has 0 radical (unpaired) electrons. The van der Waals surface area contributed by atoms with E-state index in [1.54, 1.807) is 11.8 Å². The first-order valence-electron chi connectivity index (χ1n) is 8.06. The average molecular weight is 339 g/mol. The molecule has 4 nitrogen and oxygen atoms in total. The SMILES string of the molecule is Cc1ccc(SC(C)C(=O)NCCc2nc3ccccc3[nH]2)cc1. The molecule has 1 aromatic heterocycles. The van der Waals surface area contributed by atoms with Crippen molar-refractivity contribution >= 4 is 28.7 Å². The number of aryl methyl sites for hydroxylation is 1. The van der Waals surface area contributed by atoms with E-state index in [0.29, 0.717) is 13.0 Å². The molecule has 24 heavy (non-hydrogen) atoms. The highest BCUT2D eigenvalue weighted by Crippen LogP contribution is 2.23. The third-order valence-electron chi connectivity index (χ3n) is 3.80. The Hall–Kier alpha value is -2.27. The van der Waals surface area contributed by atoms with E-state index in [1.807, 2.05) is 31.2 Å². The monoisotopic (exact) mass is 339 g/mol. The molecule has 0 bridgehead atoms. The summed E-state index contributed by atoms with van der Waals surface area (Å²) in [7, 11) is 0. The summed E-state index contributed by atoms with van der Waals surface area (Å²) in [6.45, 7) is 4.57. The number of aromatic amines is 1. The Kier molecular flexibility index (Phi) is 5.20. The Bertz CT molecular complexity index is 793. The highest BCUT2D eigenvalue weighted by atomic mass is 32.2. The molecule has 1 heterocycles. The number of H-pyrrole nitrogens is 1. The Labute approximate surface area is 146 Å². The lowest BCUT2D eigenvalue weighted by Crippen LogP contribution is -2.32.